The van der Waals surface area contributed by atoms with Crippen LogP contribution in [0.5, 0.6) is 0 Å². The Labute approximate surface area is 184 Å². The van der Waals surface area contributed by atoms with Gasteiger partial charge in [-0.3, -0.25) is 0 Å². The molecular formula is C22H32N6O2S. The molecule has 0 unspecified atom stereocenters. The number of sulfone groups is 1. The second-order valence-electron chi connectivity index (χ2n) is 8.53. The van der Waals surface area contributed by atoms with Gasteiger partial charge in [0.2, 0.25) is 9.84 Å². The zero-order valence-corrected chi connectivity index (χ0v) is 19.1. The SMILES string of the molecule is CN1CCN(c2ccc(S(=O)(=O)c3ccc(N4CCN(C)CC4)c(N)c3)cc2N)CC1. The highest BCUT2D eigenvalue weighted by atomic mass is 32.2. The third-order valence-corrected chi connectivity index (χ3v) is 8.06. The maximum Gasteiger partial charge on any atom is 0.206 e. The van der Waals surface area contributed by atoms with Gasteiger partial charge in [0.15, 0.2) is 0 Å². The van der Waals surface area contributed by atoms with E-state index in [-0.39, 0.29) is 9.79 Å². The summed E-state index contributed by atoms with van der Waals surface area (Å²) in [5, 5.41) is 0. The van der Waals surface area contributed by atoms with E-state index < -0.39 is 9.84 Å². The van der Waals surface area contributed by atoms with E-state index in [1.807, 2.05) is 12.1 Å². The Bertz CT molecular complexity index is 964. The number of nitrogens with zero attached hydrogens (tertiary/aromatic N) is 4. The number of anilines is 4. The van der Waals surface area contributed by atoms with Gasteiger partial charge >= 0.3 is 0 Å². The second-order valence-corrected chi connectivity index (χ2v) is 10.5. The van der Waals surface area contributed by atoms with Gasteiger partial charge in [-0.25, -0.2) is 8.42 Å². The van der Waals surface area contributed by atoms with E-state index in [4.69, 9.17) is 11.5 Å². The first-order valence-electron chi connectivity index (χ1n) is 10.7. The highest BCUT2D eigenvalue weighted by molar-refractivity contribution is 7.91. The third kappa shape index (κ3) is 4.44. The van der Waals surface area contributed by atoms with E-state index in [0.717, 1.165) is 63.7 Å². The molecule has 168 valence electrons. The van der Waals surface area contributed by atoms with Gasteiger partial charge in [0.1, 0.15) is 0 Å². The minimum Gasteiger partial charge on any atom is -0.397 e. The molecule has 0 radical (unpaired) electrons. The van der Waals surface area contributed by atoms with Gasteiger partial charge in [-0.1, -0.05) is 0 Å². The van der Waals surface area contributed by atoms with Crippen LogP contribution < -0.4 is 21.3 Å². The Balaban J connectivity index is 1.57. The summed E-state index contributed by atoms with van der Waals surface area (Å²) in [4.78, 5) is 9.32. The molecule has 4 rings (SSSR count). The molecule has 0 atom stereocenters. The van der Waals surface area contributed by atoms with Crippen molar-refractivity contribution in [2.24, 2.45) is 0 Å². The van der Waals surface area contributed by atoms with Crippen LogP contribution in [0.15, 0.2) is 46.2 Å². The molecule has 4 N–H and O–H groups in total. The molecule has 31 heavy (non-hydrogen) atoms. The van der Waals surface area contributed by atoms with Gasteiger partial charge < -0.3 is 31.1 Å². The van der Waals surface area contributed by atoms with Crippen molar-refractivity contribution < 1.29 is 8.42 Å². The van der Waals surface area contributed by atoms with Gasteiger partial charge in [-0.15, -0.1) is 0 Å². The molecule has 0 bridgehead atoms. The molecule has 9 heteroatoms. The summed E-state index contributed by atoms with van der Waals surface area (Å²) in [5.74, 6) is 0. The Morgan fingerprint density at radius 3 is 1.32 bits per heavy atom. The average molecular weight is 445 g/mol. The van der Waals surface area contributed by atoms with Crippen molar-refractivity contribution in [2.75, 3.05) is 87.7 Å². The van der Waals surface area contributed by atoms with Crippen LogP contribution in [-0.2, 0) is 9.84 Å². The van der Waals surface area contributed by atoms with Gasteiger partial charge in [0, 0.05) is 52.4 Å². The molecule has 0 spiro atoms. The molecule has 2 aromatic carbocycles. The zero-order chi connectivity index (χ0) is 22.2. The lowest BCUT2D eigenvalue weighted by molar-refractivity contribution is 0.313. The monoisotopic (exact) mass is 444 g/mol. The van der Waals surface area contributed by atoms with Crippen molar-refractivity contribution in [3.8, 4) is 0 Å². The quantitative estimate of drug-likeness (QED) is 0.679. The predicted octanol–water partition coefficient (Wildman–Crippen LogP) is 1.19. The van der Waals surface area contributed by atoms with E-state index in [9.17, 15) is 8.42 Å². The molecule has 0 aromatic heterocycles. The summed E-state index contributed by atoms with van der Waals surface area (Å²) in [6.45, 7) is 7.32. The molecular weight excluding hydrogens is 412 g/mol. The topological polar surface area (TPSA) is 99.1 Å². The average Bonchev–Trinajstić information content (AvgIpc) is 2.75. The van der Waals surface area contributed by atoms with E-state index in [2.05, 4.69) is 33.7 Å². The maximum absolute atomic E-state index is 13.2. The minimum atomic E-state index is -3.71. The van der Waals surface area contributed by atoms with Gasteiger partial charge in [0.25, 0.3) is 0 Å². The Morgan fingerprint density at radius 2 is 1.00 bits per heavy atom. The molecule has 0 saturated carbocycles. The Morgan fingerprint density at radius 1 is 0.645 bits per heavy atom. The molecule has 2 heterocycles. The molecule has 0 aliphatic carbocycles. The Kier molecular flexibility index (Phi) is 6.00. The highest BCUT2D eigenvalue weighted by Gasteiger charge is 2.23. The van der Waals surface area contributed by atoms with E-state index in [1.165, 1.54) is 0 Å². The molecule has 0 amide bonds. The van der Waals surface area contributed by atoms with Crippen LogP contribution in [-0.4, -0.2) is 84.7 Å². The molecule has 2 aromatic rings. The van der Waals surface area contributed by atoms with Crippen molar-refractivity contribution in [3.05, 3.63) is 36.4 Å². The largest absolute Gasteiger partial charge is 0.397 e. The lowest BCUT2D eigenvalue weighted by Crippen LogP contribution is -2.44. The highest BCUT2D eigenvalue weighted by Crippen LogP contribution is 2.33. The van der Waals surface area contributed by atoms with Gasteiger partial charge in [0.05, 0.1) is 32.5 Å². The molecule has 2 aliphatic heterocycles. The van der Waals surface area contributed by atoms with E-state index in [1.54, 1.807) is 24.3 Å². The third-order valence-electron chi connectivity index (χ3n) is 6.31. The van der Waals surface area contributed by atoms with Gasteiger partial charge in [-0.05, 0) is 50.5 Å². The van der Waals surface area contributed by atoms with Crippen molar-refractivity contribution in [1.29, 1.82) is 0 Å². The summed E-state index contributed by atoms with van der Waals surface area (Å²) < 4.78 is 26.5. The standard InChI is InChI=1S/C22H32N6O2S/c1-25-7-11-27(12-8-25)21-5-3-17(15-19(21)23)31(29,30)18-4-6-22(20(24)16-18)28-13-9-26(2)10-14-28/h3-6,15-16H,7-14,23-24H2,1-2H3. The van der Waals surface area contributed by atoms with Crippen molar-refractivity contribution in [3.63, 3.8) is 0 Å². The molecule has 2 fully saturated rings. The lowest BCUT2D eigenvalue weighted by atomic mass is 10.2. The van der Waals surface area contributed by atoms with Crippen LogP contribution in [0, 0.1) is 0 Å². The van der Waals surface area contributed by atoms with Crippen LogP contribution in [0.2, 0.25) is 0 Å². The van der Waals surface area contributed by atoms with Crippen LogP contribution in [0.25, 0.3) is 0 Å². The zero-order valence-electron chi connectivity index (χ0n) is 18.3. The first-order valence-corrected chi connectivity index (χ1v) is 12.1. The number of hydrogen-bond acceptors (Lipinski definition) is 8. The summed E-state index contributed by atoms with van der Waals surface area (Å²) in [5.41, 5.74) is 15.3. The fourth-order valence-electron chi connectivity index (χ4n) is 4.21. The normalized spacial score (nSPS) is 19.0. The maximum atomic E-state index is 13.2. The van der Waals surface area contributed by atoms with Crippen molar-refractivity contribution in [1.82, 2.24) is 9.80 Å². The first kappa shape index (κ1) is 21.7. The minimum absolute atomic E-state index is 0.189. The summed E-state index contributed by atoms with van der Waals surface area (Å²) in [6, 6.07) is 10.0. The number of nitrogen functional groups attached to an aromatic ring is 2. The van der Waals surface area contributed by atoms with Crippen molar-refractivity contribution in [2.45, 2.75) is 9.79 Å². The van der Waals surface area contributed by atoms with Crippen LogP contribution in [0.1, 0.15) is 0 Å². The van der Waals surface area contributed by atoms with Gasteiger partial charge in [-0.2, -0.15) is 0 Å². The number of hydrogen-bond donors (Lipinski definition) is 2. The summed E-state index contributed by atoms with van der Waals surface area (Å²) in [6.07, 6.45) is 0. The summed E-state index contributed by atoms with van der Waals surface area (Å²) in [7, 11) is 0.479. The fraction of sp³-hybridized carbons (Fsp3) is 0.455. The number of nitrogens with two attached hydrogens (primary N) is 2. The second kappa shape index (κ2) is 8.57. The number of piperazine rings is 2. The van der Waals surface area contributed by atoms with Crippen molar-refractivity contribution >= 4 is 32.6 Å². The Hall–Kier alpha value is -2.49. The fourth-order valence-corrected chi connectivity index (χ4v) is 5.54. The van der Waals surface area contributed by atoms with Crippen LogP contribution in [0.4, 0.5) is 22.7 Å². The van der Waals surface area contributed by atoms with Crippen LogP contribution in [0.3, 0.4) is 0 Å². The van der Waals surface area contributed by atoms with Crippen LogP contribution >= 0.6 is 0 Å². The first-order chi connectivity index (χ1) is 14.8. The number of likely N-dealkylation sites (N-methyl/N-ethyl adjacent to an activating group) is 2. The summed E-state index contributed by atoms with van der Waals surface area (Å²) >= 11 is 0. The van der Waals surface area contributed by atoms with E-state index in [0.29, 0.717) is 11.4 Å². The van der Waals surface area contributed by atoms with E-state index >= 15 is 0 Å². The molecule has 2 saturated heterocycles. The molecule has 8 nitrogen and oxygen atoms in total. The predicted molar refractivity (Wildman–Crippen MR) is 127 cm³/mol. The molecule has 2 aliphatic rings. The lowest BCUT2D eigenvalue weighted by Gasteiger charge is -2.35. The number of rotatable bonds is 4. The smallest absolute Gasteiger partial charge is 0.206 e. The number of benzene rings is 2.